The summed E-state index contributed by atoms with van der Waals surface area (Å²) in [5.74, 6) is 0.908. The van der Waals surface area contributed by atoms with Crippen LogP contribution < -0.4 is 5.32 Å². The van der Waals surface area contributed by atoms with E-state index in [9.17, 15) is 4.79 Å². The lowest BCUT2D eigenvalue weighted by atomic mass is 9.96. The Morgan fingerprint density at radius 3 is 2.50 bits per heavy atom. The van der Waals surface area contributed by atoms with E-state index in [1.54, 1.807) is 11.3 Å². The minimum Gasteiger partial charge on any atom is -0.342 e. The highest BCUT2D eigenvalue weighted by molar-refractivity contribution is 7.13. The maximum Gasteiger partial charge on any atom is 0.228 e. The van der Waals surface area contributed by atoms with Gasteiger partial charge in [0.15, 0.2) is 0 Å². The summed E-state index contributed by atoms with van der Waals surface area (Å²) >= 11 is 1.61. The largest absolute Gasteiger partial charge is 0.342 e. The number of aromatic nitrogens is 1. The molecule has 0 atom stereocenters. The molecule has 26 heavy (non-hydrogen) atoms. The molecule has 1 aliphatic rings. The number of carbonyl (C=O) groups is 1. The molecule has 1 N–H and O–H groups in total. The SMILES string of the molecule is CNCC1CCN(C(=O)Cc2csc(-c3ccc(C)cc3)n2)CC1.Cl.Cl. The highest BCUT2D eigenvalue weighted by Crippen LogP contribution is 2.25. The Morgan fingerprint density at radius 1 is 1.23 bits per heavy atom. The number of carbonyl (C=O) groups excluding carboxylic acids is 1. The minimum absolute atomic E-state index is 0. The van der Waals surface area contributed by atoms with Crippen LogP contribution in [0.4, 0.5) is 0 Å². The van der Waals surface area contributed by atoms with Crippen molar-refractivity contribution in [3.63, 3.8) is 0 Å². The second-order valence-electron chi connectivity index (χ2n) is 6.57. The summed E-state index contributed by atoms with van der Waals surface area (Å²) in [5, 5.41) is 6.24. The standard InChI is InChI=1S/C19H25N3OS.2ClH/c1-14-3-5-16(6-4-14)19-21-17(13-24-19)11-18(23)22-9-7-15(8-10-22)12-20-2;;/h3-6,13,15,20H,7-12H2,1-2H3;2*1H. The van der Waals surface area contributed by atoms with Gasteiger partial charge in [-0.05, 0) is 39.3 Å². The van der Waals surface area contributed by atoms with Gasteiger partial charge in [0.1, 0.15) is 5.01 Å². The zero-order valence-electron chi connectivity index (χ0n) is 15.2. The molecule has 1 aliphatic heterocycles. The summed E-state index contributed by atoms with van der Waals surface area (Å²) < 4.78 is 0. The van der Waals surface area contributed by atoms with Gasteiger partial charge in [0, 0.05) is 24.0 Å². The lowest BCUT2D eigenvalue weighted by Crippen LogP contribution is -2.41. The fourth-order valence-electron chi connectivity index (χ4n) is 3.16. The first-order valence-electron chi connectivity index (χ1n) is 8.59. The topological polar surface area (TPSA) is 45.2 Å². The van der Waals surface area contributed by atoms with Gasteiger partial charge in [-0.3, -0.25) is 4.79 Å². The van der Waals surface area contributed by atoms with Crippen LogP contribution in [0.5, 0.6) is 0 Å². The molecule has 144 valence electrons. The molecule has 1 aromatic heterocycles. The van der Waals surface area contributed by atoms with E-state index in [4.69, 9.17) is 0 Å². The van der Waals surface area contributed by atoms with Crippen molar-refractivity contribution in [1.29, 1.82) is 0 Å². The van der Waals surface area contributed by atoms with E-state index in [0.29, 0.717) is 12.3 Å². The predicted octanol–water partition coefficient (Wildman–Crippen LogP) is 3.96. The Kier molecular flexibility index (Phi) is 9.58. The number of nitrogens with one attached hydrogen (secondary N) is 1. The van der Waals surface area contributed by atoms with Gasteiger partial charge in [0.2, 0.25) is 5.91 Å². The maximum absolute atomic E-state index is 12.5. The molecule has 7 heteroatoms. The molecule has 1 fully saturated rings. The molecular weight excluding hydrogens is 389 g/mol. The van der Waals surface area contributed by atoms with Crippen LogP contribution >= 0.6 is 36.2 Å². The van der Waals surface area contributed by atoms with E-state index in [1.165, 1.54) is 5.56 Å². The fraction of sp³-hybridized carbons (Fsp3) is 0.474. The van der Waals surface area contributed by atoms with Crippen LogP contribution in [0.15, 0.2) is 29.6 Å². The lowest BCUT2D eigenvalue weighted by Gasteiger charge is -2.31. The van der Waals surface area contributed by atoms with Gasteiger partial charge in [-0.15, -0.1) is 36.2 Å². The maximum atomic E-state index is 12.5. The Labute approximate surface area is 172 Å². The van der Waals surface area contributed by atoms with Crippen LogP contribution in [0.2, 0.25) is 0 Å². The summed E-state index contributed by atoms with van der Waals surface area (Å²) in [4.78, 5) is 19.1. The molecule has 0 aliphatic carbocycles. The Morgan fingerprint density at radius 2 is 1.88 bits per heavy atom. The molecule has 0 bridgehead atoms. The first kappa shape index (κ1) is 22.9. The molecular formula is C19H27Cl2N3OS. The van der Waals surface area contributed by atoms with Crippen molar-refractivity contribution in [2.75, 3.05) is 26.7 Å². The third-order valence-electron chi connectivity index (χ3n) is 4.64. The van der Waals surface area contributed by atoms with Gasteiger partial charge in [0.25, 0.3) is 0 Å². The van der Waals surface area contributed by atoms with Gasteiger partial charge in [-0.1, -0.05) is 29.8 Å². The van der Waals surface area contributed by atoms with E-state index >= 15 is 0 Å². The molecule has 0 radical (unpaired) electrons. The number of rotatable bonds is 5. The van der Waals surface area contributed by atoms with Crippen molar-refractivity contribution < 1.29 is 4.79 Å². The lowest BCUT2D eigenvalue weighted by molar-refractivity contribution is -0.131. The Bertz CT molecular complexity index is 682. The van der Waals surface area contributed by atoms with Crippen LogP contribution in [0.1, 0.15) is 24.1 Å². The zero-order valence-corrected chi connectivity index (χ0v) is 17.7. The fourth-order valence-corrected chi connectivity index (χ4v) is 3.98. The van der Waals surface area contributed by atoms with Gasteiger partial charge >= 0.3 is 0 Å². The van der Waals surface area contributed by atoms with Gasteiger partial charge in [-0.25, -0.2) is 4.98 Å². The molecule has 0 unspecified atom stereocenters. The molecule has 0 saturated carbocycles. The summed E-state index contributed by atoms with van der Waals surface area (Å²) in [6.07, 6.45) is 2.61. The van der Waals surface area contributed by atoms with Gasteiger partial charge < -0.3 is 10.2 Å². The summed E-state index contributed by atoms with van der Waals surface area (Å²) in [7, 11) is 1.99. The molecule has 4 nitrogen and oxygen atoms in total. The number of halogens is 2. The average Bonchev–Trinajstić information content (AvgIpc) is 3.05. The van der Waals surface area contributed by atoms with Crippen LogP contribution in [0, 0.1) is 12.8 Å². The summed E-state index contributed by atoms with van der Waals surface area (Å²) in [6, 6.07) is 8.37. The van der Waals surface area contributed by atoms with Crippen LogP contribution in [-0.2, 0) is 11.2 Å². The van der Waals surface area contributed by atoms with Crippen LogP contribution in [0.3, 0.4) is 0 Å². The number of aryl methyl sites for hydroxylation is 1. The molecule has 1 amide bonds. The molecule has 3 rings (SSSR count). The molecule has 1 aromatic carbocycles. The number of thiazole rings is 1. The molecule has 0 spiro atoms. The van der Waals surface area contributed by atoms with Crippen molar-refractivity contribution >= 4 is 42.1 Å². The second-order valence-corrected chi connectivity index (χ2v) is 7.43. The van der Waals surface area contributed by atoms with E-state index < -0.39 is 0 Å². The van der Waals surface area contributed by atoms with E-state index in [-0.39, 0.29) is 30.7 Å². The number of nitrogens with zero attached hydrogens (tertiary/aromatic N) is 2. The molecule has 2 aromatic rings. The predicted molar refractivity (Wildman–Crippen MR) is 114 cm³/mol. The zero-order chi connectivity index (χ0) is 16.9. The minimum atomic E-state index is 0. The molecule has 2 heterocycles. The number of hydrogen-bond acceptors (Lipinski definition) is 4. The molecule has 1 saturated heterocycles. The third kappa shape index (κ3) is 5.95. The van der Waals surface area contributed by atoms with Crippen molar-refractivity contribution in [3.8, 4) is 10.6 Å². The number of amides is 1. The number of piperidine rings is 1. The van der Waals surface area contributed by atoms with Gasteiger partial charge in [-0.2, -0.15) is 0 Å². The summed E-state index contributed by atoms with van der Waals surface area (Å²) in [6.45, 7) is 4.88. The van der Waals surface area contributed by atoms with Crippen molar-refractivity contribution in [2.24, 2.45) is 5.92 Å². The van der Waals surface area contributed by atoms with Crippen molar-refractivity contribution in [3.05, 3.63) is 40.9 Å². The third-order valence-corrected chi connectivity index (χ3v) is 5.58. The number of likely N-dealkylation sites (tertiary alicyclic amines) is 1. The monoisotopic (exact) mass is 415 g/mol. The highest BCUT2D eigenvalue weighted by Gasteiger charge is 2.23. The van der Waals surface area contributed by atoms with Crippen molar-refractivity contribution in [1.82, 2.24) is 15.2 Å². The average molecular weight is 416 g/mol. The second kappa shape index (κ2) is 10.9. The number of benzene rings is 1. The highest BCUT2D eigenvalue weighted by atomic mass is 35.5. The first-order chi connectivity index (χ1) is 11.7. The van der Waals surface area contributed by atoms with Crippen molar-refractivity contribution in [2.45, 2.75) is 26.2 Å². The van der Waals surface area contributed by atoms with Crippen LogP contribution in [0.25, 0.3) is 10.6 Å². The summed E-state index contributed by atoms with van der Waals surface area (Å²) in [5.41, 5.74) is 3.25. The van der Waals surface area contributed by atoms with Gasteiger partial charge in [0.05, 0.1) is 12.1 Å². The van der Waals surface area contributed by atoms with E-state index in [2.05, 4.69) is 41.5 Å². The van der Waals surface area contributed by atoms with Crippen LogP contribution in [-0.4, -0.2) is 42.5 Å². The van der Waals surface area contributed by atoms with E-state index in [1.807, 2.05) is 17.3 Å². The normalized spacial score (nSPS) is 14.5. The Balaban J connectivity index is 0.00000169. The smallest absolute Gasteiger partial charge is 0.228 e. The number of hydrogen-bond donors (Lipinski definition) is 1. The van der Waals surface area contributed by atoms with E-state index in [0.717, 1.165) is 48.7 Å². The Hall–Kier alpha value is -1.14. The first-order valence-corrected chi connectivity index (χ1v) is 9.47. The quantitative estimate of drug-likeness (QED) is 0.803.